The van der Waals surface area contributed by atoms with Crippen molar-refractivity contribution in [3.05, 3.63) is 78.9 Å². The number of hydrogen-bond acceptors (Lipinski definition) is 5. The van der Waals surface area contributed by atoms with Crippen LogP contribution in [-0.4, -0.2) is 54.4 Å². The van der Waals surface area contributed by atoms with Crippen LogP contribution in [0.5, 0.6) is 0 Å². The maximum absolute atomic E-state index is 13.2. The number of pyridine rings is 1. The van der Waals surface area contributed by atoms with Crippen molar-refractivity contribution in [2.45, 2.75) is 4.90 Å². The predicted octanol–water partition coefficient (Wildman–Crippen LogP) is 3.47. The summed E-state index contributed by atoms with van der Waals surface area (Å²) in [5.41, 5.74) is 3.72. The Bertz CT molecular complexity index is 1430. The normalized spacial score (nSPS) is 10.8. The third kappa shape index (κ3) is 5.38. The zero-order valence-corrected chi connectivity index (χ0v) is 19.0. The average molecular weight is 485 g/mol. The second kappa shape index (κ2) is 10.1. The quantitative estimate of drug-likeness (QED) is 0.428. The molecule has 2 heterocycles. The molecule has 34 heavy (non-hydrogen) atoms. The second-order valence-corrected chi connectivity index (χ2v) is 8.91. The van der Waals surface area contributed by atoms with Crippen LogP contribution in [0.4, 0.5) is 9.18 Å². The van der Waals surface area contributed by atoms with Gasteiger partial charge >= 0.3 is 6.03 Å². The summed E-state index contributed by atoms with van der Waals surface area (Å²) in [4.78, 5) is 25.7. The van der Waals surface area contributed by atoms with Crippen LogP contribution in [0.2, 0.25) is 0 Å². The van der Waals surface area contributed by atoms with Crippen LogP contribution in [0.15, 0.2) is 78.0 Å². The molecular formula is C23H21FN4O5S. The molecule has 2 amide bonds. The van der Waals surface area contributed by atoms with E-state index >= 15 is 0 Å². The van der Waals surface area contributed by atoms with Crippen LogP contribution in [0.3, 0.4) is 0 Å². The summed E-state index contributed by atoms with van der Waals surface area (Å²) in [6, 6.07) is 15.5. The van der Waals surface area contributed by atoms with Crippen molar-refractivity contribution >= 4 is 28.2 Å². The highest BCUT2D eigenvalue weighted by Gasteiger charge is 2.19. The Balaban J connectivity index is 0.00000103. The first-order valence-corrected chi connectivity index (χ1v) is 11.3. The van der Waals surface area contributed by atoms with Crippen molar-refractivity contribution in [2.24, 2.45) is 0 Å². The van der Waals surface area contributed by atoms with Crippen LogP contribution in [0, 0.1) is 5.82 Å². The van der Waals surface area contributed by atoms with Gasteiger partial charge in [-0.25, -0.2) is 27.3 Å². The molecular weight excluding hydrogens is 463 g/mol. The van der Waals surface area contributed by atoms with Gasteiger partial charge in [-0.2, -0.15) is 0 Å². The van der Waals surface area contributed by atoms with E-state index in [0.29, 0.717) is 16.9 Å². The maximum atomic E-state index is 13.2. The Morgan fingerprint density at radius 3 is 2.38 bits per heavy atom. The number of nitrogens with zero attached hydrogens (tertiary/aromatic N) is 3. The number of benzene rings is 2. The third-order valence-corrected chi connectivity index (χ3v) is 6.08. The molecule has 4 aromatic rings. The first kappa shape index (κ1) is 24.4. The van der Waals surface area contributed by atoms with Gasteiger partial charge in [0.15, 0.2) is 0 Å². The number of urea groups is 1. The summed E-state index contributed by atoms with van der Waals surface area (Å²) in [5, 5.41) is 6.89. The Labute approximate surface area is 195 Å². The molecule has 0 unspecified atom stereocenters. The lowest BCUT2D eigenvalue weighted by atomic mass is 10.1. The largest absolute Gasteiger partial charge is 0.483 e. The first-order chi connectivity index (χ1) is 16.2. The van der Waals surface area contributed by atoms with Crippen molar-refractivity contribution in [1.29, 1.82) is 0 Å². The molecule has 9 nitrogen and oxygen atoms in total. The van der Waals surface area contributed by atoms with Gasteiger partial charge in [-0.15, -0.1) is 0 Å². The molecule has 0 atom stereocenters. The number of halogens is 1. The minimum absolute atomic E-state index is 0.0296. The van der Waals surface area contributed by atoms with E-state index in [4.69, 9.17) is 9.90 Å². The minimum atomic E-state index is -4.02. The molecule has 0 bridgehead atoms. The predicted molar refractivity (Wildman–Crippen MR) is 124 cm³/mol. The van der Waals surface area contributed by atoms with E-state index in [2.05, 4.69) is 4.98 Å². The fourth-order valence-corrected chi connectivity index (χ4v) is 4.17. The molecule has 0 aliphatic carbocycles. The van der Waals surface area contributed by atoms with Gasteiger partial charge in [-0.1, -0.05) is 24.3 Å². The zero-order valence-electron chi connectivity index (χ0n) is 18.2. The number of carboxylic acid groups (broad SMARTS) is 1. The topological polar surface area (TPSA) is 121 Å². The summed E-state index contributed by atoms with van der Waals surface area (Å²) >= 11 is 0. The van der Waals surface area contributed by atoms with Gasteiger partial charge < -0.3 is 10.0 Å². The number of nitrogens with one attached hydrogen (secondary N) is 1. The van der Waals surface area contributed by atoms with Gasteiger partial charge in [-0.3, -0.25) is 9.20 Å². The lowest BCUT2D eigenvalue weighted by Crippen LogP contribution is -2.38. The van der Waals surface area contributed by atoms with Gasteiger partial charge in [0.05, 0.1) is 16.8 Å². The number of imidazole rings is 1. The van der Waals surface area contributed by atoms with E-state index in [-0.39, 0.29) is 17.2 Å². The summed E-state index contributed by atoms with van der Waals surface area (Å²) in [5.74, 6) is -0.301. The van der Waals surface area contributed by atoms with E-state index in [1.165, 1.54) is 38.4 Å². The molecule has 0 aliphatic heterocycles. The number of rotatable bonds is 4. The number of sulfonamides is 1. The molecule has 4 rings (SSSR count). The van der Waals surface area contributed by atoms with E-state index in [1.807, 2.05) is 27.5 Å². The lowest BCUT2D eigenvalue weighted by Gasteiger charge is -2.13. The lowest BCUT2D eigenvalue weighted by molar-refractivity contribution is -0.122. The van der Waals surface area contributed by atoms with Crippen molar-refractivity contribution in [3.63, 3.8) is 0 Å². The highest BCUT2D eigenvalue weighted by Crippen LogP contribution is 2.27. The van der Waals surface area contributed by atoms with Gasteiger partial charge in [0.2, 0.25) is 0 Å². The minimum Gasteiger partial charge on any atom is -0.483 e. The Morgan fingerprint density at radius 1 is 1.06 bits per heavy atom. The summed E-state index contributed by atoms with van der Waals surface area (Å²) in [6.07, 6.45) is 3.47. The number of hydrogen-bond donors (Lipinski definition) is 2. The van der Waals surface area contributed by atoms with Crippen molar-refractivity contribution < 1.29 is 27.5 Å². The molecule has 2 aromatic heterocycles. The SMILES string of the molecule is CN(C)C(=O)NS(=O)(=O)c1cccc(-c2cnc3cc(-c4ccc(F)cc4)ccn23)c1.O=CO. The standard InChI is InChI=1S/C22H19FN4O3S.CH2O2/c1-26(2)22(28)25-31(29,30)19-5-3-4-17(12-19)20-14-24-21-13-16(10-11-27(20)21)15-6-8-18(23)9-7-15;2-1-3/h3-14H,1-2H3,(H,25,28);1H,(H,2,3). The first-order valence-electron chi connectivity index (χ1n) is 9.81. The van der Waals surface area contributed by atoms with Crippen molar-refractivity contribution in [3.8, 4) is 22.4 Å². The summed E-state index contributed by atoms with van der Waals surface area (Å²) < 4.78 is 42.1. The Hall–Kier alpha value is -4.25. The second-order valence-electron chi connectivity index (χ2n) is 7.23. The van der Waals surface area contributed by atoms with Gasteiger partial charge in [0.1, 0.15) is 11.5 Å². The third-order valence-electron chi connectivity index (χ3n) is 4.76. The van der Waals surface area contributed by atoms with Crippen molar-refractivity contribution in [2.75, 3.05) is 14.1 Å². The number of carbonyl (C=O) groups is 2. The van der Waals surface area contributed by atoms with Gasteiger partial charge in [0.25, 0.3) is 16.5 Å². The Morgan fingerprint density at radius 2 is 1.74 bits per heavy atom. The number of carbonyl (C=O) groups excluding carboxylic acids is 1. The van der Waals surface area contributed by atoms with E-state index in [9.17, 15) is 17.6 Å². The molecule has 176 valence electrons. The fraction of sp³-hybridized carbons (Fsp3) is 0.0870. The molecule has 0 fully saturated rings. The molecule has 0 aliphatic rings. The van der Waals surface area contributed by atoms with Crippen LogP contribution >= 0.6 is 0 Å². The molecule has 0 radical (unpaired) electrons. The highest BCUT2D eigenvalue weighted by molar-refractivity contribution is 7.90. The molecule has 2 N–H and O–H groups in total. The van der Waals surface area contributed by atoms with Crippen LogP contribution in [0.25, 0.3) is 28.0 Å². The van der Waals surface area contributed by atoms with Gasteiger partial charge in [0, 0.05) is 25.9 Å². The molecule has 0 saturated carbocycles. The molecule has 0 spiro atoms. The number of fused-ring (bicyclic) bond motifs is 1. The zero-order chi connectivity index (χ0) is 24.9. The van der Waals surface area contributed by atoms with Crippen LogP contribution < -0.4 is 4.72 Å². The van der Waals surface area contributed by atoms with Crippen LogP contribution in [-0.2, 0) is 14.8 Å². The monoisotopic (exact) mass is 484 g/mol. The number of amides is 2. The summed E-state index contributed by atoms with van der Waals surface area (Å²) in [7, 11) is -1.10. The maximum Gasteiger partial charge on any atom is 0.330 e. The fourth-order valence-electron chi connectivity index (χ4n) is 3.10. The van der Waals surface area contributed by atoms with Crippen LogP contribution in [0.1, 0.15) is 0 Å². The highest BCUT2D eigenvalue weighted by atomic mass is 32.2. The molecule has 2 aromatic carbocycles. The summed E-state index contributed by atoms with van der Waals surface area (Å²) in [6.45, 7) is -0.250. The van der Waals surface area contributed by atoms with E-state index in [0.717, 1.165) is 16.0 Å². The van der Waals surface area contributed by atoms with E-state index in [1.54, 1.807) is 30.5 Å². The molecule has 11 heteroatoms. The molecule has 0 saturated heterocycles. The smallest absolute Gasteiger partial charge is 0.330 e. The average Bonchev–Trinajstić information content (AvgIpc) is 3.23. The van der Waals surface area contributed by atoms with E-state index < -0.39 is 16.1 Å². The van der Waals surface area contributed by atoms with Gasteiger partial charge in [-0.05, 0) is 47.5 Å². The Kier molecular flexibility index (Phi) is 7.27. The van der Waals surface area contributed by atoms with Crippen molar-refractivity contribution in [1.82, 2.24) is 19.0 Å². The number of aromatic nitrogens is 2.